The molecule has 0 saturated heterocycles. The number of fused-ring (bicyclic) bond motifs is 1. The Labute approximate surface area is 128 Å². The van der Waals surface area contributed by atoms with E-state index in [0.717, 1.165) is 11.3 Å². The fraction of sp³-hybridized carbons (Fsp3) is 0.176. The van der Waals surface area contributed by atoms with Crippen LogP contribution in [0.15, 0.2) is 65.3 Å². The van der Waals surface area contributed by atoms with Gasteiger partial charge in [-0.2, -0.15) is 0 Å². The Balaban J connectivity index is 2.05. The van der Waals surface area contributed by atoms with Crippen LogP contribution in [0.5, 0.6) is 5.75 Å². The van der Waals surface area contributed by atoms with E-state index >= 15 is 0 Å². The van der Waals surface area contributed by atoms with Crippen LogP contribution in [0.2, 0.25) is 0 Å². The molecule has 5 nitrogen and oxygen atoms in total. The maximum atomic E-state index is 9.93. The summed E-state index contributed by atoms with van der Waals surface area (Å²) >= 11 is 0. The second-order valence-corrected chi connectivity index (χ2v) is 4.86. The van der Waals surface area contributed by atoms with E-state index in [0.29, 0.717) is 22.9 Å². The number of benzene rings is 1. The third kappa shape index (κ3) is 2.46. The lowest BCUT2D eigenvalue weighted by Crippen LogP contribution is -2.15. The summed E-state index contributed by atoms with van der Waals surface area (Å²) in [5.74, 6) is 2.12. The molecule has 0 saturated carbocycles. The highest BCUT2D eigenvalue weighted by Gasteiger charge is 2.27. The summed E-state index contributed by atoms with van der Waals surface area (Å²) in [5.41, 5.74) is 1.29. The molecule has 1 aliphatic carbocycles. The average Bonchev–Trinajstić information content (AvgIpc) is 2.53. The summed E-state index contributed by atoms with van der Waals surface area (Å²) < 4.78 is 16.3. The number of rotatable bonds is 3. The lowest BCUT2D eigenvalue weighted by Gasteiger charge is -2.25. The number of ether oxygens (including phenoxy) is 3. The van der Waals surface area contributed by atoms with E-state index in [1.807, 2.05) is 24.3 Å². The molecule has 1 atom stereocenters. The van der Waals surface area contributed by atoms with Gasteiger partial charge in [-0.25, -0.2) is 0 Å². The predicted molar refractivity (Wildman–Crippen MR) is 80.9 cm³/mol. The van der Waals surface area contributed by atoms with Gasteiger partial charge in [-0.3, -0.25) is 0 Å². The first-order valence-corrected chi connectivity index (χ1v) is 6.76. The summed E-state index contributed by atoms with van der Waals surface area (Å²) in [7, 11) is 3.14. The fourth-order valence-corrected chi connectivity index (χ4v) is 2.36. The fourth-order valence-electron chi connectivity index (χ4n) is 2.36. The van der Waals surface area contributed by atoms with Crippen molar-refractivity contribution in [3.8, 4) is 5.75 Å². The van der Waals surface area contributed by atoms with Gasteiger partial charge in [0.15, 0.2) is 11.5 Å². The molecule has 114 valence electrons. The topological polar surface area (TPSA) is 68.2 Å². The van der Waals surface area contributed by atoms with Crippen molar-refractivity contribution in [2.24, 2.45) is 0 Å². The number of allylic oxidation sites excluding steroid dienone is 1. The van der Waals surface area contributed by atoms with Crippen molar-refractivity contribution < 1.29 is 24.4 Å². The zero-order valence-corrected chi connectivity index (χ0v) is 12.2. The molecule has 2 aliphatic rings. The van der Waals surface area contributed by atoms with E-state index in [9.17, 15) is 10.2 Å². The molecule has 0 amide bonds. The lowest BCUT2D eigenvalue weighted by atomic mass is 9.99. The van der Waals surface area contributed by atoms with Gasteiger partial charge in [-0.05, 0) is 42.5 Å². The van der Waals surface area contributed by atoms with Crippen LogP contribution in [0.4, 0.5) is 0 Å². The number of methoxy groups -OCH3 is 2. The van der Waals surface area contributed by atoms with Crippen molar-refractivity contribution in [3.05, 3.63) is 70.9 Å². The van der Waals surface area contributed by atoms with Crippen molar-refractivity contribution in [1.29, 1.82) is 0 Å². The van der Waals surface area contributed by atoms with Crippen molar-refractivity contribution in [3.63, 3.8) is 0 Å². The monoisotopic (exact) mass is 300 g/mol. The van der Waals surface area contributed by atoms with Crippen LogP contribution >= 0.6 is 0 Å². The van der Waals surface area contributed by atoms with Gasteiger partial charge < -0.3 is 24.4 Å². The first kappa shape index (κ1) is 14.3. The second kappa shape index (κ2) is 5.61. The van der Waals surface area contributed by atoms with Crippen molar-refractivity contribution in [1.82, 2.24) is 0 Å². The third-order valence-corrected chi connectivity index (χ3v) is 3.48. The van der Waals surface area contributed by atoms with Crippen molar-refractivity contribution >= 4 is 5.76 Å². The maximum absolute atomic E-state index is 9.93. The molecule has 1 heterocycles. The number of hydrogen-bond donors (Lipinski definition) is 2. The molecular formula is C17H16O5. The van der Waals surface area contributed by atoms with Gasteiger partial charge >= 0.3 is 0 Å². The Morgan fingerprint density at radius 2 is 1.77 bits per heavy atom. The van der Waals surface area contributed by atoms with Gasteiger partial charge in [0.05, 0.1) is 25.9 Å². The minimum atomic E-state index is -0.881. The second-order valence-electron chi connectivity index (χ2n) is 4.86. The number of aliphatic hydroxyl groups is 2. The largest absolute Gasteiger partial charge is 0.507 e. The summed E-state index contributed by atoms with van der Waals surface area (Å²) in [4.78, 5) is 0. The van der Waals surface area contributed by atoms with E-state index < -0.39 is 6.10 Å². The molecule has 5 heteroatoms. The SMILES string of the molecule is COC1=C(c2ccc(OC)cc2)OC2=C[C@@H](O)C=C(O)C2=C1. The van der Waals surface area contributed by atoms with Crippen LogP contribution in [0.3, 0.4) is 0 Å². The van der Waals surface area contributed by atoms with Crippen molar-refractivity contribution in [2.75, 3.05) is 14.2 Å². The van der Waals surface area contributed by atoms with E-state index in [2.05, 4.69) is 0 Å². The molecule has 0 bridgehead atoms. The quantitative estimate of drug-likeness (QED) is 0.898. The molecule has 1 aromatic rings. The lowest BCUT2D eigenvalue weighted by molar-refractivity contribution is 0.239. The highest BCUT2D eigenvalue weighted by atomic mass is 16.5. The molecule has 0 radical (unpaired) electrons. The van der Waals surface area contributed by atoms with Gasteiger partial charge in [0.1, 0.15) is 17.3 Å². The molecule has 0 spiro atoms. The molecule has 0 aromatic heterocycles. The third-order valence-electron chi connectivity index (χ3n) is 3.48. The van der Waals surface area contributed by atoms with Crippen LogP contribution < -0.4 is 4.74 Å². The van der Waals surface area contributed by atoms with Gasteiger partial charge in [-0.1, -0.05) is 0 Å². The Morgan fingerprint density at radius 3 is 2.41 bits per heavy atom. The minimum Gasteiger partial charge on any atom is -0.507 e. The van der Waals surface area contributed by atoms with Crippen LogP contribution in [0, 0.1) is 0 Å². The smallest absolute Gasteiger partial charge is 0.176 e. The molecule has 2 N–H and O–H groups in total. The maximum Gasteiger partial charge on any atom is 0.176 e. The van der Waals surface area contributed by atoms with E-state index in [-0.39, 0.29) is 5.76 Å². The molecule has 0 unspecified atom stereocenters. The minimum absolute atomic E-state index is 0.0340. The van der Waals surface area contributed by atoms with Crippen LogP contribution in [-0.4, -0.2) is 30.5 Å². The molecule has 1 aromatic carbocycles. The number of hydrogen-bond acceptors (Lipinski definition) is 5. The van der Waals surface area contributed by atoms with Gasteiger partial charge in [0.25, 0.3) is 0 Å². The summed E-state index contributed by atoms with van der Waals surface area (Å²) in [6.07, 6.45) is 3.67. The Kier molecular flexibility index (Phi) is 3.65. The first-order chi connectivity index (χ1) is 10.6. The van der Waals surface area contributed by atoms with Gasteiger partial charge in [0, 0.05) is 5.56 Å². The molecule has 22 heavy (non-hydrogen) atoms. The Hall–Kier alpha value is -2.66. The number of aliphatic hydroxyl groups excluding tert-OH is 2. The summed E-state index contributed by atoms with van der Waals surface area (Å²) in [5, 5.41) is 19.6. The zero-order chi connectivity index (χ0) is 15.7. The Bertz CT molecular complexity index is 707. The van der Waals surface area contributed by atoms with Gasteiger partial charge in [0.2, 0.25) is 0 Å². The molecular weight excluding hydrogens is 284 g/mol. The van der Waals surface area contributed by atoms with Crippen LogP contribution in [-0.2, 0) is 9.47 Å². The van der Waals surface area contributed by atoms with Crippen molar-refractivity contribution in [2.45, 2.75) is 6.10 Å². The average molecular weight is 300 g/mol. The highest BCUT2D eigenvalue weighted by Crippen LogP contribution is 2.37. The first-order valence-electron chi connectivity index (χ1n) is 6.76. The molecule has 0 fully saturated rings. The van der Waals surface area contributed by atoms with Gasteiger partial charge in [-0.15, -0.1) is 0 Å². The summed E-state index contributed by atoms with van der Waals surface area (Å²) in [6, 6.07) is 7.34. The predicted octanol–water partition coefficient (Wildman–Crippen LogP) is 2.67. The highest BCUT2D eigenvalue weighted by molar-refractivity contribution is 5.70. The van der Waals surface area contributed by atoms with Crippen LogP contribution in [0.25, 0.3) is 5.76 Å². The van der Waals surface area contributed by atoms with E-state index in [1.165, 1.54) is 19.3 Å². The Morgan fingerprint density at radius 1 is 1.05 bits per heavy atom. The summed E-state index contributed by atoms with van der Waals surface area (Å²) in [6.45, 7) is 0. The molecule has 3 rings (SSSR count). The zero-order valence-electron chi connectivity index (χ0n) is 12.2. The normalized spacial score (nSPS) is 20.3. The van der Waals surface area contributed by atoms with E-state index in [1.54, 1.807) is 13.2 Å². The van der Waals surface area contributed by atoms with Crippen LogP contribution in [0.1, 0.15) is 5.56 Å². The standard InChI is InChI=1S/C17H16O5/c1-20-12-5-3-10(4-6-12)17-16(21-2)9-13-14(19)7-11(18)8-15(13)22-17/h3-9,11,18-19H,1-2H3/t11-/m0/s1. The van der Waals surface area contributed by atoms with E-state index in [4.69, 9.17) is 14.2 Å². The molecule has 1 aliphatic heterocycles.